The van der Waals surface area contributed by atoms with Crippen LogP contribution in [0.4, 0.5) is 10.2 Å². The van der Waals surface area contributed by atoms with Gasteiger partial charge in [-0.15, -0.1) is 0 Å². The lowest BCUT2D eigenvalue weighted by Gasteiger charge is -2.51. The molecule has 0 aromatic carbocycles. The molecule has 0 bridgehead atoms. The molecule has 0 aliphatic carbocycles. The van der Waals surface area contributed by atoms with Crippen molar-refractivity contribution in [2.75, 3.05) is 44.3 Å². The van der Waals surface area contributed by atoms with Crippen LogP contribution >= 0.6 is 0 Å². The maximum Gasteiger partial charge on any atom is 0.248 e. The Labute approximate surface area is 159 Å². The average molecular weight is 380 g/mol. The van der Waals surface area contributed by atoms with Crippen LogP contribution in [-0.2, 0) is 16.0 Å². The van der Waals surface area contributed by atoms with E-state index in [2.05, 4.69) is 9.97 Å². The van der Waals surface area contributed by atoms with Crippen molar-refractivity contribution >= 4 is 11.7 Å². The van der Waals surface area contributed by atoms with E-state index in [1.54, 1.807) is 4.90 Å². The number of aromatic nitrogens is 2. The third kappa shape index (κ3) is 4.06. The summed E-state index contributed by atoms with van der Waals surface area (Å²) in [5.41, 5.74) is -0.0698. The van der Waals surface area contributed by atoms with E-state index in [1.165, 1.54) is 6.33 Å². The van der Waals surface area contributed by atoms with Gasteiger partial charge in [-0.2, -0.15) is 0 Å². The summed E-state index contributed by atoms with van der Waals surface area (Å²) in [7, 11) is 0. The number of amides is 1. The first-order valence-corrected chi connectivity index (χ1v) is 9.78. The first-order valence-electron chi connectivity index (χ1n) is 9.78. The molecule has 1 aromatic rings. The van der Waals surface area contributed by atoms with E-state index in [1.807, 2.05) is 18.7 Å². The number of rotatable bonds is 5. The van der Waals surface area contributed by atoms with Gasteiger partial charge in [-0.25, -0.2) is 14.4 Å². The highest BCUT2D eigenvalue weighted by Gasteiger charge is 2.47. The second-order valence-corrected chi connectivity index (χ2v) is 7.46. The van der Waals surface area contributed by atoms with E-state index in [0.29, 0.717) is 57.1 Å². The summed E-state index contributed by atoms with van der Waals surface area (Å²) in [5, 5.41) is 10.8. The van der Waals surface area contributed by atoms with E-state index in [0.717, 1.165) is 12.8 Å². The molecule has 2 saturated heterocycles. The molecule has 3 heterocycles. The number of aliphatic hydroxyl groups is 1. The lowest BCUT2D eigenvalue weighted by molar-refractivity contribution is -0.142. The molecule has 1 amide bonds. The Morgan fingerprint density at radius 2 is 2.19 bits per heavy atom. The Bertz CT molecular complexity index is 674. The minimum absolute atomic E-state index is 0.0539. The van der Waals surface area contributed by atoms with Crippen molar-refractivity contribution in [1.29, 1.82) is 0 Å². The van der Waals surface area contributed by atoms with Crippen molar-refractivity contribution in [2.45, 2.75) is 45.6 Å². The molecule has 1 aromatic heterocycles. The van der Waals surface area contributed by atoms with Gasteiger partial charge in [0, 0.05) is 38.2 Å². The van der Waals surface area contributed by atoms with Gasteiger partial charge >= 0.3 is 0 Å². The number of nitrogens with zero attached hydrogens (tertiary/aromatic N) is 4. The van der Waals surface area contributed by atoms with E-state index >= 15 is 0 Å². The lowest BCUT2D eigenvalue weighted by atomic mass is 9.71. The summed E-state index contributed by atoms with van der Waals surface area (Å²) in [4.78, 5) is 24.3. The minimum Gasteiger partial charge on any atom is -0.392 e. The molecule has 2 fully saturated rings. The SMILES string of the molecule is CCOCC(=O)N1CCC[C@]2(C1)CN(c1ncnc(CC)c1F)CC[C@H]2O. The van der Waals surface area contributed by atoms with Crippen molar-refractivity contribution in [1.82, 2.24) is 14.9 Å². The van der Waals surface area contributed by atoms with Crippen LogP contribution in [0.15, 0.2) is 6.33 Å². The van der Waals surface area contributed by atoms with Gasteiger partial charge < -0.3 is 19.6 Å². The van der Waals surface area contributed by atoms with Gasteiger partial charge in [0.2, 0.25) is 5.91 Å². The van der Waals surface area contributed by atoms with Gasteiger partial charge in [0.1, 0.15) is 12.9 Å². The molecule has 0 radical (unpaired) electrons. The molecule has 2 aliphatic heterocycles. The summed E-state index contributed by atoms with van der Waals surface area (Å²) in [6, 6.07) is 0. The number of carbonyl (C=O) groups excluding carboxylic acids is 1. The van der Waals surface area contributed by atoms with Crippen LogP contribution in [0.25, 0.3) is 0 Å². The molecule has 150 valence electrons. The fourth-order valence-corrected chi connectivity index (χ4v) is 4.25. The minimum atomic E-state index is -0.521. The number of carbonyl (C=O) groups is 1. The molecule has 8 heteroatoms. The van der Waals surface area contributed by atoms with Crippen LogP contribution in [0, 0.1) is 11.2 Å². The highest BCUT2D eigenvalue weighted by molar-refractivity contribution is 5.77. The van der Waals surface area contributed by atoms with Crippen LogP contribution in [-0.4, -0.2) is 71.4 Å². The number of hydrogen-bond donors (Lipinski definition) is 1. The molecule has 0 saturated carbocycles. The number of hydrogen-bond acceptors (Lipinski definition) is 6. The van der Waals surface area contributed by atoms with Gasteiger partial charge in [-0.1, -0.05) is 6.92 Å². The molecule has 1 spiro atoms. The predicted octanol–water partition coefficient (Wildman–Crippen LogP) is 1.39. The molecule has 3 rings (SSSR count). The van der Waals surface area contributed by atoms with Gasteiger partial charge in [0.05, 0.1) is 11.8 Å². The summed E-state index contributed by atoms with van der Waals surface area (Å²) in [6.45, 7) is 6.41. The number of aryl methyl sites for hydroxylation is 1. The first kappa shape index (κ1) is 19.9. The van der Waals surface area contributed by atoms with E-state index in [9.17, 15) is 14.3 Å². The smallest absolute Gasteiger partial charge is 0.248 e. The summed E-state index contributed by atoms with van der Waals surface area (Å²) in [5.74, 6) is -0.140. The van der Waals surface area contributed by atoms with E-state index < -0.39 is 11.5 Å². The van der Waals surface area contributed by atoms with Crippen molar-refractivity contribution < 1.29 is 19.0 Å². The normalized spacial score (nSPS) is 25.9. The largest absolute Gasteiger partial charge is 0.392 e. The van der Waals surface area contributed by atoms with Gasteiger partial charge in [-0.05, 0) is 32.6 Å². The quantitative estimate of drug-likeness (QED) is 0.832. The molecule has 0 unspecified atom stereocenters. The number of likely N-dealkylation sites (tertiary alicyclic amines) is 1. The first-order chi connectivity index (χ1) is 13.0. The lowest BCUT2D eigenvalue weighted by Crippen LogP contribution is -2.60. The fourth-order valence-electron chi connectivity index (χ4n) is 4.25. The monoisotopic (exact) mass is 380 g/mol. The van der Waals surface area contributed by atoms with Crippen LogP contribution in [0.3, 0.4) is 0 Å². The Hall–Kier alpha value is -1.80. The Morgan fingerprint density at radius 3 is 2.93 bits per heavy atom. The highest BCUT2D eigenvalue weighted by atomic mass is 19.1. The number of anilines is 1. The molecule has 1 N–H and O–H groups in total. The topological polar surface area (TPSA) is 78.8 Å². The van der Waals surface area contributed by atoms with Gasteiger partial charge in [-0.3, -0.25) is 4.79 Å². The van der Waals surface area contributed by atoms with E-state index in [-0.39, 0.29) is 18.3 Å². The standard InChI is InChI=1S/C19H29FN4O3/c1-3-14-17(20)18(22-13-21-14)24-9-6-15(25)19(12-24)7-5-8-23(11-19)16(26)10-27-4-2/h13,15,25H,3-12H2,1-2H3/t15-,19+/m1/s1. The van der Waals surface area contributed by atoms with Crippen LogP contribution < -0.4 is 4.90 Å². The van der Waals surface area contributed by atoms with Crippen LogP contribution in [0.2, 0.25) is 0 Å². The second-order valence-electron chi connectivity index (χ2n) is 7.46. The molecule has 2 atom stereocenters. The number of aliphatic hydroxyl groups excluding tert-OH is 1. The second kappa shape index (κ2) is 8.48. The Kier molecular flexibility index (Phi) is 6.26. The zero-order chi connectivity index (χ0) is 19.4. The van der Waals surface area contributed by atoms with Crippen molar-refractivity contribution in [3.8, 4) is 0 Å². The molecule has 7 nitrogen and oxygen atoms in total. The van der Waals surface area contributed by atoms with Gasteiger partial charge in [0.15, 0.2) is 11.6 Å². The van der Waals surface area contributed by atoms with Crippen LogP contribution in [0.1, 0.15) is 38.8 Å². The van der Waals surface area contributed by atoms with Crippen LogP contribution in [0.5, 0.6) is 0 Å². The number of piperidine rings is 2. The van der Waals surface area contributed by atoms with Crippen molar-refractivity contribution in [3.05, 3.63) is 17.8 Å². The maximum atomic E-state index is 14.7. The predicted molar refractivity (Wildman–Crippen MR) is 98.9 cm³/mol. The average Bonchev–Trinajstić information content (AvgIpc) is 2.69. The van der Waals surface area contributed by atoms with E-state index in [4.69, 9.17) is 4.74 Å². The van der Waals surface area contributed by atoms with Gasteiger partial charge in [0.25, 0.3) is 0 Å². The zero-order valence-corrected chi connectivity index (χ0v) is 16.2. The summed E-state index contributed by atoms with van der Waals surface area (Å²) in [6.07, 6.45) is 3.52. The molecule has 27 heavy (non-hydrogen) atoms. The third-order valence-electron chi connectivity index (χ3n) is 5.75. The molecular weight excluding hydrogens is 351 g/mol. The Morgan fingerprint density at radius 1 is 1.37 bits per heavy atom. The summed E-state index contributed by atoms with van der Waals surface area (Å²) < 4.78 is 20.0. The third-order valence-corrected chi connectivity index (χ3v) is 5.75. The molecular formula is C19H29FN4O3. The summed E-state index contributed by atoms with van der Waals surface area (Å²) >= 11 is 0. The zero-order valence-electron chi connectivity index (χ0n) is 16.2. The fraction of sp³-hybridized carbons (Fsp3) is 0.737. The number of ether oxygens (including phenoxy) is 1. The Balaban J connectivity index is 1.79. The highest BCUT2D eigenvalue weighted by Crippen LogP contribution is 2.40. The maximum absolute atomic E-state index is 14.7. The number of halogens is 1. The van der Waals surface area contributed by atoms with Crippen molar-refractivity contribution in [3.63, 3.8) is 0 Å². The van der Waals surface area contributed by atoms with Crippen molar-refractivity contribution in [2.24, 2.45) is 5.41 Å². The molecule has 2 aliphatic rings.